The van der Waals surface area contributed by atoms with Gasteiger partial charge >= 0.3 is 0 Å². The van der Waals surface area contributed by atoms with Crippen molar-refractivity contribution in [3.8, 4) is 0 Å². The zero-order valence-electron chi connectivity index (χ0n) is 16.2. The monoisotopic (exact) mass is 378 g/mol. The number of likely N-dealkylation sites (N-methyl/N-ethyl adjacent to an activating group) is 2. The van der Waals surface area contributed by atoms with E-state index in [1.807, 2.05) is 18.2 Å². The molecule has 2 heterocycles. The van der Waals surface area contributed by atoms with Gasteiger partial charge in [-0.1, -0.05) is 17.7 Å². The van der Waals surface area contributed by atoms with Crippen molar-refractivity contribution in [3.63, 3.8) is 0 Å². The number of amides is 1. The summed E-state index contributed by atoms with van der Waals surface area (Å²) in [5.74, 6) is 0.463. The summed E-state index contributed by atoms with van der Waals surface area (Å²) < 4.78 is 0. The number of hydrogen-bond donors (Lipinski definition) is 0. The summed E-state index contributed by atoms with van der Waals surface area (Å²) in [6.45, 7) is 5.24. The third kappa shape index (κ3) is 4.70. The first kappa shape index (κ1) is 19.5. The van der Waals surface area contributed by atoms with Crippen LogP contribution in [0, 0.1) is 5.92 Å². The topological polar surface area (TPSA) is 30.0 Å². The first-order valence-corrected chi connectivity index (χ1v) is 9.96. The van der Waals surface area contributed by atoms with Gasteiger partial charge in [-0.3, -0.25) is 4.79 Å². The average Bonchev–Trinajstić information content (AvgIpc) is 2.83. The number of nitrogens with zero attached hydrogens (tertiary/aromatic N) is 4. The van der Waals surface area contributed by atoms with Crippen LogP contribution in [-0.4, -0.2) is 87.1 Å². The Morgan fingerprint density at radius 2 is 1.85 bits per heavy atom. The molecule has 1 aromatic carbocycles. The summed E-state index contributed by atoms with van der Waals surface area (Å²) in [5.41, 5.74) is 1.15. The first-order chi connectivity index (χ1) is 12.4. The van der Waals surface area contributed by atoms with Crippen molar-refractivity contribution in [1.82, 2.24) is 14.7 Å². The Labute approximate surface area is 162 Å². The molecule has 3 rings (SSSR count). The van der Waals surface area contributed by atoms with Crippen LogP contribution in [0.2, 0.25) is 5.02 Å². The summed E-state index contributed by atoms with van der Waals surface area (Å²) in [6.07, 6.45) is 2.08. The molecule has 0 aromatic heterocycles. The maximum atomic E-state index is 13.1. The molecule has 0 N–H and O–H groups in total. The Morgan fingerprint density at radius 3 is 2.50 bits per heavy atom. The second-order valence-corrected chi connectivity index (χ2v) is 8.34. The van der Waals surface area contributed by atoms with Crippen LogP contribution in [0.15, 0.2) is 24.3 Å². The average molecular weight is 379 g/mol. The molecule has 0 saturated carbocycles. The highest BCUT2D eigenvalue weighted by molar-refractivity contribution is 6.30. The standard InChI is InChI=1S/C20H31ClN4O/c1-22(2)19-8-7-16(14-23(3)15-19)20(26)25-11-9-24(10-12-25)18-6-4-5-17(21)13-18/h4-6,13,16,19H,7-12,14-15H2,1-3H3/t16-,19+/m1/s1. The smallest absolute Gasteiger partial charge is 0.227 e. The van der Waals surface area contributed by atoms with Crippen LogP contribution in [0.3, 0.4) is 0 Å². The van der Waals surface area contributed by atoms with Gasteiger partial charge in [-0.15, -0.1) is 0 Å². The summed E-state index contributed by atoms with van der Waals surface area (Å²) in [5, 5.41) is 0.762. The zero-order valence-corrected chi connectivity index (χ0v) is 17.0. The van der Waals surface area contributed by atoms with E-state index >= 15 is 0 Å². The number of carbonyl (C=O) groups is 1. The minimum Gasteiger partial charge on any atom is -0.368 e. The normalized spacial score (nSPS) is 25.4. The van der Waals surface area contributed by atoms with Gasteiger partial charge in [-0.2, -0.15) is 0 Å². The van der Waals surface area contributed by atoms with Crippen LogP contribution in [0.4, 0.5) is 5.69 Å². The Kier molecular flexibility index (Phi) is 6.43. The fourth-order valence-corrected chi connectivity index (χ4v) is 4.31. The van der Waals surface area contributed by atoms with Crippen molar-refractivity contribution in [3.05, 3.63) is 29.3 Å². The summed E-state index contributed by atoms with van der Waals surface area (Å²) >= 11 is 6.11. The molecule has 2 atom stereocenters. The quantitative estimate of drug-likeness (QED) is 0.807. The molecule has 6 heteroatoms. The predicted octanol–water partition coefficient (Wildman–Crippen LogP) is 2.26. The molecule has 0 spiro atoms. The van der Waals surface area contributed by atoms with Crippen LogP contribution in [0.5, 0.6) is 0 Å². The fraction of sp³-hybridized carbons (Fsp3) is 0.650. The molecule has 0 bridgehead atoms. The molecule has 144 valence electrons. The Bertz CT molecular complexity index is 616. The van der Waals surface area contributed by atoms with E-state index in [1.54, 1.807) is 0 Å². The molecule has 5 nitrogen and oxygen atoms in total. The zero-order chi connectivity index (χ0) is 18.7. The van der Waals surface area contributed by atoms with Gasteiger partial charge in [0.2, 0.25) is 5.91 Å². The van der Waals surface area contributed by atoms with E-state index in [4.69, 9.17) is 11.6 Å². The van der Waals surface area contributed by atoms with E-state index in [0.717, 1.165) is 62.8 Å². The van der Waals surface area contributed by atoms with Crippen molar-refractivity contribution in [2.24, 2.45) is 5.92 Å². The number of benzene rings is 1. The number of carbonyl (C=O) groups excluding carboxylic acids is 1. The second kappa shape index (κ2) is 8.59. The van der Waals surface area contributed by atoms with Crippen LogP contribution >= 0.6 is 11.6 Å². The van der Waals surface area contributed by atoms with Crippen molar-refractivity contribution >= 4 is 23.2 Å². The Hall–Kier alpha value is -1.30. The predicted molar refractivity (Wildman–Crippen MR) is 108 cm³/mol. The molecule has 2 fully saturated rings. The summed E-state index contributed by atoms with van der Waals surface area (Å²) in [7, 11) is 6.41. The number of likely N-dealkylation sites (tertiary alicyclic amines) is 1. The lowest BCUT2D eigenvalue weighted by Gasteiger charge is -2.38. The number of anilines is 1. The molecule has 0 aliphatic carbocycles. The largest absolute Gasteiger partial charge is 0.368 e. The van der Waals surface area contributed by atoms with Crippen LogP contribution < -0.4 is 4.90 Å². The van der Waals surface area contributed by atoms with Gasteiger partial charge in [0, 0.05) is 56.0 Å². The van der Waals surface area contributed by atoms with Gasteiger partial charge in [-0.25, -0.2) is 0 Å². The molecule has 2 aliphatic heterocycles. The third-order valence-electron chi connectivity index (χ3n) is 5.75. The van der Waals surface area contributed by atoms with Crippen LogP contribution in [0.1, 0.15) is 12.8 Å². The van der Waals surface area contributed by atoms with E-state index in [2.05, 4.69) is 46.8 Å². The number of rotatable bonds is 3. The van der Waals surface area contributed by atoms with Crippen molar-refractivity contribution in [2.75, 3.05) is 65.3 Å². The maximum absolute atomic E-state index is 13.1. The molecule has 0 unspecified atom stereocenters. The van der Waals surface area contributed by atoms with Crippen LogP contribution in [-0.2, 0) is 4.79 Å². The van der Waals surface area contributed by atoms with Gasteiger partial charge in [0.15, 0.2) is 0 Å². The molecule has 1 amide bonds. The van der Waals surface area contributed by atoms with Gasteiger partial charge in [0.1, 0.15) is 0 Å². The first-order valence-electron chi connectivity index (χ1n) is 9.58. The highest BCUT2D eigenvalue weighted by Crippen LogP contribution is 2.23. The minimum absolute atomic E-state index is 0.127. The Balaban J connectivity index is 1.56. The van der Waals surface area contributed by atoms with Gasteiger partial charge in [0.05, 0.1) is 5.92 Å². The van der Waals surface area contributed by atoms with Crippen molar-refractivity contribution in [2.45, 2.75) is 18.9 Å². The summed E-state index contributed by atoms with van der Waals surface area (Å²) in [4.78, 5) is 22.1. The number of hydrogen-bond acceptors (Lipinski definition) is 4. The Morgan fingerprint density at radius 1 is 1.12 bits per heavy atom. The number of piperazine rings is 1. The van der Waals surface area contributed by atoms with Gasteiger partial charge in [-0.05, 0) is 52.2 Å². The summed E-state index contributed by atoms with van der Waals surface area (Å²) in [6, 6.07) is 8.51. The number of halogens is 1. The minimum atomic E-state index is 0.127. The third-order valence-corrected chi connectivity index (χ3v) is 5.98. The lowest BCUT2D eigenvalue weighted by Crippen LogP contribution is -2.51. The highest BCUT2D eigenvalue weighted by Gasteiger charge is 2.31. The lowest BCUT2D eigenvalue weighted by molar-refractivity contribution is -0.136. The highest BCUT2D eigenvalue weighted by atomic mass is 35.5. The van der Waals surface area contributed by atoms with Crippen molar-refractivity contribution in [1.29, 1.82) is 0 Å². The van der Waals surface area contributed by atoms with Gasteiger partial charge in [0.25, 0.3) is 0 Å². The van der Waals surface area contributed by atoms with E-state index < -0.39 is 0 Å². The second-order valence-electron chi connectivity index (χ2n) is 7.91. The molecule has 1 aromatic rings. The van der Waals surface area contributed by atoms with E-state index in [0.29, 0.717) is 11.9 Å². The van der Waals surface area contributed by atoms with Crippen LogP contribution in [0.25, 0.3) is 0 Å². The fourth-order valence-electron chi connectivity index (χ4n) is 4.13. The molecular formula is C20H31ClN4O. The van der Waals surface area contributed by atoms with Gasteiger partial charge < -0.3 is 19.6 Å². The van der Waals surface area contributed by atoms with E-state index in [9.17, 15) is 4.79 Å². The van der Waals surface area contributed by atoms with Crippen molar-refractivity contribution < 1.29 is 4.79 Å². The maximum Gasteiger partial charge on any atom is 0.227 e. The van der Waals surface area contributed by atoms with E-state index in [1.165, 1.54) is 0 Å². The lowest BCUT2D eigenvalue weighted by atomic mass is 9.99. The molecule has 0 radical (unpaired) electrons. The molecular weight excluding hydrogens is 348 g/mol. The molecule has 2 aliphatic rings. The molecule has 2 saturated heterocycles. The van der Waals surface area contributed by atoms with E-state index in [-0.39, 0.29) is 5.92 Å². The molecule has 26 heavy (non-hydrogen) atoms. The SMILES string of the molecule is CN1C[C@H](C(=O)N2CCN(c3cccc(Cl)c3)CC2)CC[C@H](N(C)C)C1.